The maximum atomic E-state index is 12.1. The molecule has 2 aromatic rings. The summed E-state index contributed by atoms with van der Waals surface area (Å²) in [7, 11) is 0. The van der Waals surface area contributed by atoms with Crippen LogP contribution in [0.25, 0.3) is 6.08 Å². The van der Waals surface area contributed by atoms with Crippen LogP contribution in [0.4, 0.5) is 5.69 Å². The first-order valence-electron chi connectivity index (χ1n) is 6.06. The number of hydrogen-bond donors (Lipinski definition) is 1. The molecule has 0 radical (unpaired) electrons. The molecule has 4 heteroatoms. The Morgan fingerprint density at radius 1 is 1.05 bits per heavy atom. The van der Waals surface area contributed by atoms with Crippen molar-refractivity contribution in [2.24, 2.45) is 0 Å². The third kappa shape index (κ3) is 3.86. The van der Waals surface area contributed by atoms with Crippen molar-refractivity contribution in [2.75, 3.05) is 5.32 Å². The molecule has 102 valence electrons. The Morgan fingerprint density at radius 3 is 2.40 bits per heavy atom. The molecule has 0 fully saturated rings. The number of anilines is 1. The second kappa shape index (κ2) is 6.60. The maximum Gasteiger partial charge on any atom is 0.251 e. The van der Waals surface area contributed by atoms with E-state index in [1.54, 1.807) is 25.1 Å². The average Bonchev–Trinajstić information content (AvgIpc) is 2.44. The number of rotatable bonds is 3. The highest BCUT2D eigenvalue weighted by molar-refractivity contribution is 6.42. The van der Waals surface area contributed by atoms with Crippen molar-refractivity contribution < 1.29 is 4.79 Å². The van der Waals surface area contributed by atoms with Gasteiger partial charge in [0.25, 0.3) is 5.91 Å². The van der Waals surface area contributed by atoms with Gasteiger partial charge in [-0.1, -0.05) is 53.5 Å². The van der Waals surface area contributed by atoms with E-state index in [2.05, 4.69) is 5.32 Å². The van der Waals surface area contributed by atoms with Crippen LogP contribution in [0.5, 0.6) is 0 Å². The summed E-state index contributed by atoms with van der Waals surface area (Å²) in [5.74, 6) is -0.174. The van der Waals surface area contributed by atoms with Crippen LogP contribution >= 0.6 is 23.2 Å². The van der Waals surface area contributed by atoms with Gasteiger partial charge < -0.3 is 5.32 Å². The molecule has 2 nitrogen and oxygen atoms in total. The van der Waals surface area contributed by atoms with E-state index in [0.717, 1.165) is 5.56 Å². The first kappa shape index (κ1) is 14.6. The zero-order valence-corrected chi connectivity index (χ0v) is 12.4. The summed E-state index contributed by atoms with van der Waals surface area (Å²) >= 11 is 11.7. The van der Waals surface area contributed by atoms with E-state index in [-0.39, 0.29) is 5.91 Å². The quantitative estimate of drug-likeness (QED) is 0.791. The third-order valence-corrected chi connectivity index (χ3v) is 3.46. The highest BCUT2D eigenvalue weighted by Gasteiger charge is 2.06. The predicted molar refractivity (Wildman–Crippen MR) is 85.2 cm³/mol. The molecule has 0 unspecified atom stereocenters. The average molecular weight is 306 g/mol. The van der Waals surface area contributed by atoms with Crippen molar-refractivity contribution in [1.82, 2.24) is 0 Å². The van der Waals surface area contributed by atoms with Crippen molar-refractivity contribution in [3.63, 3.8) is 0 Å². The normalized spacial score (nSPS) is 11.2. The highest BCUT2D eigenvalue weighted by atomic mass is 35.5. The number of hydrogen-bond acceptors (Lipinski definition) is 1. The van der Waals surface area contributed by atoms with Gasteiger partial charge in [0.2, 0.25) is 0 Å². The van der Waals surface area contributed by atoms with Crippen molar-refractivity contribution in [3.8, 4) is 0 Å². The fourth-order valence-corrected chi connectivity index (χ4v) is 1.97. The largest absolute Gasteiger partial charge is 0.322 e. The maximum absolute atomic E-state index is 12.1. The molecule has 0 atom stereocenters. The molecule has 0 heterocycles. The first-order chi connectivity index (χ1) is 9.56. The molecule has 0 bridgehead atoms. The van der Waals surface area contributed by atoms with Gasteiger partial charge in [-0.3, -0.25) is 4.79 Å². The minimum atomic E-state index is -0.174. The van der Waals surface area contributed by atoms with E-state index in [1.807, 2.05) is 36.4 Å². The Hall–Kier alpha value is -1.77. The van der Waals surface area contributed by atoms with Gasteiger partial charge in [-0.05, 0) is 36.8 Å². The van der Waals surface area contributed by atoms with Crippen LogP contribution in [0.3, 0.4) is 0 Å². The summed E-state index contributed by atoms with van der Waals surface area (Å²) in [6, 6.07) is 14.6. The lowest BCUT2D eigenvalue weighted by Gasteiger charge is -2.06. The lowest BCUT2D eigenvalue weighted by molar-refractivity contribution is -0.112. The van der Waals surface area contributed by atoms with Crippen LogP contribution in [0.2, 0.25) is 10.0 Å². The lowest BCUT2D eigenvalue weighted by Crippen LogP contribution is -2.12. The zero-order chi connectivity index (χ0) is 14.5. The Balaban J connectivity index is 2.11. The number of benzene rings is 2. The number of nitrogens with one attached hydrogen (secondary N) is 1. The van der Waals surface area contributed by atoms with Gasteiger partial charge in [-0.25, -0.2) is 0 Å². The fraction of sp³-hybridized carbons (Fsp3) is 0.0625. The van der Waals surface area contributed by atoms with Crippen molar-refractivity contribution in [1.29, 1.82) is 0 Å². The number of halogens is 2. The molecule has 0 aliphatic carbocycles. The van der Waals surface area contributed by atoms with Gasteiger partial charge in [-0.2, -0.15) is 0 Å². The third-order valence-electron chi connectivity index (χ3n) is 2.72. The SMILES string of the molecule is C/C(=C\c1ccccc1)C(=O)Nc1ccc(Cl)c(Cl)c1. The molecule has 0 aromatic heterocycles. The van der Waals surface area contributed by atoms with E-state index in [0.29, 0.717) is 21.3 Å². The summed E-state index contributed by atoms with van der Waals surface area (Å²) in [5.41, 5.74) is 2.21. The number of amides is 1. The van der Waals surface area contributed by atoms with E-state index in [4.69, 9.17) is 23.2 Å². The monoisotopic (exact) mass is 305 g/mol. The van der Waals surface area contributed by atoms with Gasteiger partial charge in [0.05, 0.1) is 10.0 Å². The van der Waals surface area contributed by atoms with Crippen LogP contribution in [0.1, 0.15) is 12.5 Å². The van der Waals surface area contributed by atoms with E-state index in [1.165, 1.54) is 0 Å². The van der Waals surface area contributed by atoms with Gasteiger partial charge >= 0.3 is 0 Å². The molecule has 2 aromatic carbocycles. The second-order valence-corrected chi connectivity index (χ2v) is 5.14. The molecular weight excluding hydrogens is 293 g/mol. The zero-order valence-electron chi connectivity index (χ0n) is 10.9. The van der Waals surface area contributed by atoms with Crippen molar-refractivity contribution in [2.45, 2.75) is 6.92 Å². The predicted octanol–water partition coefficient (Wildman–Crippen LogP) is 5.04. The summed E-state index contributed by atoms with van der Waals surface area (Å²) in [6.07, 6.45) is 1.83. The van der Waals surface area contributed by atoms with Crippen molar-refractivity contribution >= 4 is 40.9 Å². The van der Waals surface area contributed by atoms with Crippen LogP contribution in [-0.4, -0.2) is 5.91 Å². The smallest absolute Gasteiger partial charge is 0.251 e. The summed E-state index contributed by atoms with van der Waals surface area (Å²) in [6.45, 7) is 1.76. The van der Waals surface area contributed by atoms with E-state index >= 15 is 0 Å². The Morgan fingerprint density at radius 2 is 1.75 bits per heavy atom. The highest BCUT2D eigenvalue weighted by Crippen LogP contribution is 2.25. The fourth-order valence-electron chi connectivity index (χ4n) is 1.67. The molecule has 0 aliphatic rings. The van der Waals surface area contributed by atoms with E-state index in [9.17, 15) is 4.79 Å². The van der Waals surface area contributed by atoms with Gasteiger partial charge in [-0.15, -0.1) is 0 Å². The molecule has 0 saturated heterocycles. The van der Waals surface area contributed by atoms with Gasteiger partial charge in [0.1, 0.15) is 0 Å². The van der Waals surface area contributed by atoms with Crippen LogP contribution < -0.4 is 5.32 Å². The van der Waals surface area contributed by atoms with Crippen LogP contribution in [0, 0.1) is 0 Å². The van der Waals surface area contributed by atoms with Crippen LogP contribution in [0.15, 0.2) is 54.1 Å². The molecule has 0 aliphatic heterocycles. The van der Waals surface area contributed by atoms with Crippen LogP contribution in [-0.2, 0) is 4.79 Å². The first-order valence-corrected chi connectivity index (χ1v) is 6.81. The van der Waals surface area contributed by atoms with Gasteiger partial charge in [0, 0.05) is 11.3 Å². The minimum Gasteiger partial charge on any atom is -0.322 e. The second-order valence-electron chi connectivity index (χ2n) is 4.32. The summed E-state index contributed by atoms with van der Waals surface area (Å²) in [5, 5.41) is 3.65. The Bertz CT molecular complexity index is 651. The molecular formula is C16H13Cl2NO. The number of carbonyl (C=O) groups excluding carboxylic acids is 1. The minimum absolute atomic E-state index is 0.174. The number of carbonyl (C=O) groups is 1. The molecule has 1 N–H and O–H groups in total. The molecule has 2 rings (SSSR count). The molecule has 0 spiro atoms. The molecule has 1 amide bonds. The molecule has 0 saturated carbocycles. The topological polar surface area (TPSA) is 29.1 Å². The van der Waals surface area contributed by atoms with Gasteiger partial charge in [0.15, 0.2) is 0 Å². The summed E-state index contributed by atoms with van der Waals surface area (Å²) in [4.78, 5) is 12.1. The lowest BCUT2D eigenvalue weighted by atomic mass is 10.1. The Kier molecular flexibility index (Phi) is 4.83. The van der Waals surface area contributed by atoms with E-state index < -0.39 is 0 Å². The summed E-state index contributed by atoms with van der Waals surface area (Å²) < 4.78 is 0. The molecule has 20 heavy (non-hydrogen) atoms. The van der Waals surface area contributed by atoms with Crippen molar-refractivity contribution in [3.05, 3.63) is 69.7 Å². The standard InChI is InChI=1S/C16H13Cl2NO/c1-11(9-12-5-3-2-4-6-12)16(20)19-13-7-8-14(17)15(18)10-13/h2-10H,1H3,(H,19,20)/b11-9+. The Labute approximate surface area is 128 Å².